The molecule has 2 aromatic heterocycles. The maximum Gasteiger partial charge on any atom is 0.252 e. The Hall–Kier alpha value is -9.32. The summed E-state index contributed by atoms with van der Waals surface area (Å²) < 4.78 is 25.8. The largest absolute Gasteiger partial charge is 0.311 e. The van der Waals surface area contributed by atoms with E-state index in [-0.39, 0.29) is 28.4 Å². The van der Waals surface area contributed by atoms with Crippen molar-refractivity contribution in [1.29, 1.82) is 0 Å². The maximum absolute atomic E-state index is 10.4. The van der Waals surface area contributed by atoms with Crippen molar-refractivity contribution < 1.29 is 2.74 Å². The summed E-state index contributed by atoms with van der Waals surface area (Å²) in [5, 5.41) is 5.06. The van der Waals surface area contributed by atoms with Crippen LogP contribution in [0.1, 0.15) is 134 Å². The second-order valence-electron chi connectivity index (χ2n) is 33.7. The van der Waals surface area contributed by atoms with Gasteiger partial charge in [-0.3, -0.25) is 0 Å². The van der Waals surface area contributed by atoms with Gasteiger partial charge < -0.3 is 18.9 Å². The van der Waals surface area contributed by atoms with Gasteiger partial charge in [0.15, 0.2) is 0 Å². The van der Waals surface area contributed by atoms with Gasteiger partial charge in [-0.25, -0.2) is 0 Å². The zero-order valence-electron chi connectivity index (χ0n) is 61.1. The van der Waals surface area contributed by atoms with Gasteiger partial charge in [0, 0.05) is 69.8 Å². The van der Waals surface area contributed by atoms with Gasteiger partial charge in [-0.1, -0.05) is 225 Å². The zero-order valence-corrected chi connectivity index (χ0v) is 59.1. The second-order valence-corrected chi connectivity index (χ2v) is 33.7. The number of rotatable bonds is 11. The van der Waals surface area contributed by atoms with Crippen molar-refractivity contribution in [2.45, 2.75) is 136 Å². The molecule has 2 aliphatic rings. The molecule has 0 saturated carbocycles. The molecule has 11 aromatic carbocycles. The average Bonchev–Trinajstić information content (AvgIpc) is 0.827. The molecule has 0 spiro atoms. The van der Waals surface area contributed by atoms with Crippen molar-refractivity contribution >= 4 is 101 Å². The van der Waals surface area contributed by atoms with Gasteiger partial charge in [-0.05, 0) is 235 Å². The molecule has 2 aliphatic heterocycles. The molecule has 0 fully saturated rings. The van der Waals surface area contributed by atoms with Crippen LogP contribution >= 0.6 is 0 Å². The molecule has 0 atom stereocenters. The fourth-order valence-corrected chi connectivity index (χ4v) is 15.9. The van der Waals surface area contributed by atoms with E-state index in [2.05, 4.69) is 333 Å². The van der Waals surface area contributed by atoms with Crippen LogP contribution in [0.4, 0.5) is 34.1 Å². The average molecular weight is 1260 g/mol. The third-order valence-corrected chi connectivity index (χ3v) is 19.3. The van der Waals surface area contributed by atoms with E-state index in [0.29, 0.717) is 5.56 Å². The molecule has 0 saturated heterocycles. The van der Waals surface area contributed by atoms with Gasteiger partial charge in [0.05, 0.1) is 22.1 Å². The van der Waals surface area contributed by atoms with E-state index in [1.54, 1.807) is 0 Å². The summed E-state index contributed by atoms with van der Waals surface area (Å²) in [6.45, 7) is 33.9. The molecule has 0 aliphatic carbocycles. The molecule has 4 nitrogen and oxygen atoms in total. The molecular formula is C91H93BN4. The number of fused-ring (bicyclic) bond motifs is 10. The highest BCUT2D eigenvalue weighted by molar-refractivity contribution is 7.00. The van der Waals surface area contributed by atoms with Gasteiger partial charge >= 0.3 is 0 Å². The van der Waals surface area contributed by atoms with Crippen molar-refractivity contribution in [3.63, 3.8) is 0 Å². The Bertz CT molecular complexity index is 4790. The summed E-state index contributed by atoms with van der Waals surface area (Å²) in [7, 11) is 0. The minimum atomic E-state index is -1.77. The van der Waals surface area contributed by atoms with Crippen LogP contribution in [0.5, 0.6) is 0 Å². The maximum atomic E-state index is 10.4. The predicted octanol–water partition coefficient (Wildman–Crippen LogP) is 23.2. The molecule has 96 heavy (non-hydrogen) atoms. The molecule has 0 radical (unpaired) electrons. The lowest BCUT2D eigenvalue weighted by Gasteiger charge is -2.45. The molecule has 0 amide bonds. The smallest absolute Gasteiger partial charge is 0.252 e. The van der Waals surface area contributed by atoms with Crippen LogP contribution in [0.15, 0.2) is 231 Å². The van der Waals surface area contributed by atoms with Crippen LogP contribution in [-0.2, 0) is 32.1 Å². The van der Waals surface area contributed by atoms with Crippen LogP contribution in [0.2, 0.25) is 0 Å². The molecule has 4 heterocycles. The lowest BCUT2D eigenvalue weighted by atomic mass is 9.33. The molecule has 480 valence electrons. The highest BCUT2D eigenvalue weighted by Crippen LogP contribution is 2.48. The first kappa shape index (κ1) is 60.4. The van der Waals surface area contributed by atoms with Crippen molar-refractivity contribution in [1.82, 2.24) is 9.13 Å². The summed E-state index contributed by atoms with van der Waals surface area (Å²) in [5.41, 5.74) is 26.7. The topological polar surface area (TPSA) is 16.3 Å². The van der Waals surface area contributed by atoms with E-state index in [4.69, 9.17) is 0 Å². The predicted molar refractivity (Wildman–Crippen MR) is 416 cm³/mol. The quantitative estimate of drug-likeness (QED) is 0.120. The Kier molecular flexibility index (Phi) is 14.6. The summed E-state index contributed by atoms with van der Waals surface area (Å²) in [4.78, 5) is 4.94. The molecular weight excluding hydrogens is 1160 g/mol. The number of benzene rings is 11. The van der Waals surface area contributed by atoms with Gasteiger partial charge in [-0.2, -0.15) is 0 Å². The molecule has 0 N–H and O–H groups in total. The first-order chi connectivity index (χ1) is 46.4. The van der Waals surface area contributed by atoms with E-state index in [0.717, 1.165) is 98.9 Å². The highest BCUT2D eigenvalue weighted by Gasteiger charge is 2.44. The van der Waals surface area contributed by atoms with Crippen molar-refractivity contribution in [2.24, 2.45) is 27.1 Å². The molecule has 0 unspecified atom stereocenters. The molecule has 15 rings (SSSR count). The van der Waals surface area contributed by atoms with E-state index in [1.165, 1.54) is 76.8 Å². The lowest BCUT2D eigenvalue weighted by Crippen LogP contribution is -2.61. The van der Waals surface area contributed by atoms with Crippen LogP contribution in [0.25, 0.3) is 77.2 Å². The fourth-order valence-electron chi connectivity index (χ4n) is 15.9. The Labute approximate surface area is 574 Å². The molecule has 0 bridgehead atoms. The lowest BCUT2D eigenvalue weighted by molar-refractivity contribution is 0.411. The van der Waals surface area contributed by atoms with E-state index < -0.39 is 11.8 Å². The minimum Gasteiger partial charge on any atom is -0.311 e. The fraction of sp³-hybridized carbons (Fsp3) is 0.275. The Morgan fingerprint density at radius 2 is 0.583 bits per heavy atom. The number of anilines is 6. The number of hydrogen-bond donors (Lipinski definition) is 0. The Balaban J connectivity index is 1.02. The molecule has 5 heteroatoms. The third-order valence-electron chi connectivity index (χ3n) is 19.3. The summed E-state index contributed by atoms with van der Waals surface area (Å²) in [5.74, 6) is 0. The van der Waals surface area contributed by atoms with Gasteiger partial charge in [0.1, 0.15) is 0 Å². The highest BCUT2D eigenvalue weighted by atomic mass is 15.2. The summed E-state index contributed by atoms with van der Waals surface area (Å²) in [6.07, 6.45) is 2.12. The van der Waals surface area contributed by atoms with Crippen molar-refractivity contribution in [2.75, 3.05) is 9.80 Å². The van der Waals surface area contributed by atoms with Crippen molar-refractivity contribution in [3.8, 4) is 33.6 Å². The van der Waals surface area contributed by atoms with Gasteiger partial charge in [0.25, 0.3) is 6.71 Å². The zero-order chi connectivity index (χ0) is 68.8. The first-order valence-corrected chi connectivity index (χ1v) is 34.9. The second kappa shape index (κ2) is 23.2. The first-order valence-electron chi connectivity index (χ1n) is 35.9. The van der Waals surface area contributed by atoms with Crippen LogP contribution < -0.4 is 26.2 Å². The monoisotopic (exact) mass is 1250 g/mol. The van der Waals surface area contributed by atoms with Crippen LogP contribution in [-0.4, -0.2) is 15.8 Å². The van der Waals surface area contributed by atoms with Crippen LogP contribution in [0, 0.1) is 27.1 Å². The van der Waals surface area contributed by atoms with E-state index in [9.17, 15) is 2.74 Å². The van der Waals surface area contributed by atoms with Gasteiger partial charge in [-0.15, -0.1) is 0 Å². The minimum absolute atomic E-state index is 0.119. The molecule has 13 aromatic rings. The Morgan fingerprint density at radius 3 is 0.885 bits per heavy atom. The third kappa shape index (κ3) is 12.1. The normalized spacial score (nSPS) is 14.0. The van der Waals surface area contributed by atoms with E-state index >= 15 is 0 Å². The number of aromatic nitrogens is 2. The van der Waals surface area contributed by atoms with Crippen LogP contribution in [0.3, 0.4) is 0 Å². The summed E-state index contributed by atoms with van der Waals surface area (Å²) in [6, 6.07) is 87.0. The number of hydrogen-bond acceptors (Lipinski definition) is 2. The Morgan fingerprint density at radius 1 is 0.281 bits per heavy atom. The van der Waals surface area contributed by atoms with E-state index in [1.807, 2.05) is 20.8 Å². The standard InChI is InChI=1S/C91H93BN4/c1-87(2,3)54-59-26-42-78-72(46-59)73-47-60(55-88(4,5)6)27-43-79(73)95(78)70-38-40-76-82(52-70)93(68-34-30-66(31-35-68)64-22-18-16-19-23-64)84-50-63(58-91(13,14)15)51-85-86(84)92(76)77-41-39-71(53-83(77)94(85)69-36-32-67(33-37-69)65-24-20-17-21-25-65)96-80-44-28-61(56-89(7,8)9)48-74(80)75-49-62(29-45-81(75)96)57-90(10,11)12/h16-53H,54-58H2,1-15H3/i58D2. The SMILES string of the molecule is [2H]C([2H])(c1cc2c3c(c1)N(c1ccc(-c4ccccc4)cc1)c1cc(-n4c5ccc(CC(C)(C)C)cc5c5cc(CC(C)(C)C)ccc54)ccc1B3c1ccc(-n3c4ccc(CC(C)(C)C)cc4c4cc(CC(C)(C)C)ccc43)cc1N2c1ccc(-c2ccccc2)cc1)C(C)(C)C. The van der Waals surface area contributed by atoms with Gasteiger partial charge in [0.2, 0.25) is 0 Å². The number of nitrogens with zero attached hydrogens (tertiary/aromatic N) is 4. The summed E-state index contributed by atoms with van der Waals surface area (Å²) >= 11 is 0. The van der Waals surface area contributed by atoms with Crippen molar-refractivity contribution in [3.05, 3.63) is 258 Å².